The summed E-state index contributed by atoms with van der Waals surface area (Å²) in [5.74, 6) is 8.07. The normalized spacial score (nSPS) is 49.3. The monoisotopic (exact) mass is 288 g/mol. The van der Waals surface area contributed by atoms with E-state index in [-0.39, 0.29) is 0 Å². The van der Waals surface area contributed by atoms with Gasteiger partial charge in [0.05, 0.1) is 0 Å². The van der Waals surface area contributed by atoms with Gasteiger partial charge >= 0.3 is 0 Å². The van der Waals surface area contributed by atoms with Crippen LogP contribution in [0.5, 0.6) is 0 Å². The summed E-state index contributed by atoms with van der Waals surface area (Å²) in [5, 5.41) is 0. The fourth-order valence-corrected chi connectivity index (χ4v) is 7.43. The molecule has 0 aromatic carbocycles. The largest absolute Gasteiger partial charge is 0.0654 e. The van der Waals surface area contributed by atoms with E-state index in [2.05, 4.69) is 6.92 Å². The fraction of sp³-hybridized carbons (Fsp3) is 1.00. The Kier molecular flexibility index (Phi) is 4.34. The van der Waals surface area contributed by atoms with Gasteiger partial charge in [-0.1, -0.05) is 45.4 Å². The zero-order valence-electron chi connectivity index (χ0n) is 14.2. The van der Waals surface area contributed by atoms with Gasteiger partial charge in [-0.25, -0.2) is 0 Å². The van der Waals surface area contributed by atoms with E-state index < -0.39 is 0 Å². The molecule has 0 aromatic rings. The van der Waals surface area contributed by atoms with E-state index in [1.807, 2.05) is 0 Å². The summed E-state index contributed by atoms with van der Waals surface area (Å²) < 4.78 is 0. The second-order valence-corrected chi connectivity index (χ2v) is 9.00. The van der Waals surface area contributed by atoms with Crippen molar-refractivity contribution in [1.82, 2.24) is 0 Å². The lowest BCUT2D eigenvalue weighted by Gasteiger charge is -2.52. The predicted octanol–water partition coefficient (Wildman–Crippen LogP) is 6.45. The van der Waals surface area contributed by atoms with Gasteiger partial charge in [-0.15, -0.1) is 0 Å². The zero-order valence-corrected chi connectivity index (χ0v) is 14.2. The maximum Gasteiger partial charge on any atom is -0.0352 e. The van der Waals surface area contributed by atoms with E-state index >= 15 is 0 Å². The molecule has 4 rings (SSSR count). The van der Waals surface area contributed by atoms with Gasteiger partial charge in [-0.2, -0.15) is 0 Å². The Morgan fingerprint density at radius 1 is 0.619 bits per heavy atom. The van der Waals surface area contributed by atoms with Crippen molar-refractivity contribution in [2.75, 3.05) is 0 Å². The molecule has 0 aliphatic heterocycles. The highest BCUT2D eigenvalue weighted by atomic mass is 14.6. The molecule has 4 saturated carbocycles. The van der Waals surface area contributed by atoms with Gasteiger partial charge in [0.15, 0.2) is 0 Å². The number of unbranched alkanes of at least 4 members (excludes halogenated alkanes) is 1. The van der Waals surface area contributed by atoms with Crippen molar-refractivity contribution in [3.63, 3.8) is 0 Å². The molecule has 0 aromatic heterocycles. The summed E-state index contributed by atoms with van der Waals surface area (Å²) in [5.41, 5.74) is 0. The first-order valence-corrected chi connectivity index (χ1v) is 10.4. The summed E-state index contributed by atoms with van der Waals surface area (Å²) in [6, 6.07) is 0. The number of fused-ring (bicyclic) bond motifs is 5. The van der Waals surface area contributed by atoms with Crippen molar-refractivity contribution >= 4 is 0 Å². The lowest BCUT2D eigenvalue weighted by Crippen LogP contribution is -2.44. The molecular formula is C21H36. The first-order valence-electron chi connectivity index (χ1n) is 10.4. The summed E-state index contributed by atoms with van der Waals surface area (Å²) in [7, 11) is 0. The molecule has 0 spiro atoms. The summed E-state index contributed by atoms with van der Waals surface area (Å²) in [6.07, 6.45) is 20.4. The standard InChI is InChI=1S/C21H36/c1-2-3-6-15-9-11-19-18(15)13-14-20-17-8-5-4-7-16(17)10-12-21(19)20/h15-21H,2-14H2,1H3. The zero-order chi connectivity index (χ0) is 14.2. The van der Waals surface area contributed by atoms with Gasteiger partial charge in [-0.05, 0) is 86.4 Å². The van der Waals surface area contributed by atoms with Crippen molar-refractivity contribution in [2.45, 2.75) is 90.4 Å². The van der Waals surface area contributed by atoms with E-state index in [9.17, 15) is 0 Å². The van der Waals surface area contributed by atoms with Crippen LogP contribution in [-0.4, -0.2) is 0 Å². The van der Waals surface area contributed by atoms with Crippen molar-refractivity contribution in [3.05, 3.63) is 0 Å². The highest BCUT2D eigenvalue weighted by molar-refractivity contribution is 5.00. The van der Waals surface area contributed by atoms with E-state index in [0.29, 0.717) is 0 Å². The lowest BCUT2D eigenvalue weighted by molar-refractivity contribution is -0.0250. The van der Waals surface area contributed by atoms with Crippen LogP contribution < -0.4 is 0 Å². The molecule has 0 nitrogen and oxygen atoms in total. The van der Waals surface area contributed by atoms with Gasteiger partial charge in [0.1, 0.15) is 0 Å². The first-order chi connectivity index (χ1) is 10.4. The molecule has 0 N–H and O–H groups in total. The third-order valence-electron chi connectivity index (χ3n) is 8.28. The molecule has 0 radical (unpaired) electrons. The van der Waals surface area contributed by atoms with Crippen LogP contribution >= 0.6 is 0 Å². The predicted molar refractivity (Wildman–Crippen MR) is 90.1 cm³/mol. The van der Waals surface area contributed by atoms with Crippen LogP contribution in [0.3, 0.4) is 0 Å². The maximum absolute atomic E-state index is 2.37. The third-order valence-corrected chi connectivity index (χ3v) is 8.28. The van der Waals surface area contributed by atoms with Crippen LogP contribution in [0, 0.1) is 41.4 Å². The summed E-state index contributed by atoms with van der Waals surface area (Å²) >= 11 is 0. The molecule has 7 unspecified atom stereocenters. The molecule has 0 heterocycles. The summed E-state index contributed by atoms with van der Waals surface area (Å²) in [4.78, 5) is 0. The molecule has 0 amide bonds. The van der Waals surface area contributed by atoms with Crippen LogP contribution in [0.2, 0.25) is 0 Å². The van der Waals surface area contributed by atoms with Crippen LogP contribution in [0.25, 0.3) is 0 Å². The Morgan fingerprint density at radius 3 is 2.19 bits per heavy atom. The SMILES string of the molecule is CCCCC1CCC2C1CCC1C3CCCCC3CCC21. The van der Waals surface area contributed by atoms with E-state index in [0.717, 1.165) is 41.4 Å². The third kappa shape index (κ3) is 2.59. The Bertz CT molecular complexity index is 346. The maximum atomic E-state index is 2.37. The quantitative estimate of drug-likeness (QED) is 0.560. The Morgan fingerprint density at radius 2 is 1.29 bits per heavy atom. The minimum absolute atomic E-state index is 1.12. The van der Waals surface area contributed by atoms with Crippen molar-refractivity contribution < 1.29 is 0 Å². The molecule has 4 aliphatic carbocycles. The van der Waals surface area contributed by atoms with Gasteiger partial charge in [-0.3, -0.25) is 0 Å². The molecule has 21 heavy (non-hydrogen) atoms. The fourth-order valence-electron chi connectivity index (χ4n) is 7.43. The topological polar surface area (TPSA) is 0 Å². The minimum atomic E-state index is 1.12. The van der Waals surface area contributed by atoms with Gasteiger partial charge in [0.25, 0.3) is 0 Å². The van der Waals surface area contributed by atoms with E-state index in [4.69, 9.17) is 0 Å². The minimum Gasteiger partial charge on any atom is -0.0654 e. The molecule has 0 heteroatoms. The van der Waals surface area contributed by atoms with Crippen molar-refractivity contribution in [3.8, 4) is 0 Å². The van der Waals surface area contributed by atoms with Gasteiger partial charge in [0, 0.05) is 0 Å². The molecule has 4 aliphatic rings. The smallest absolute Gasteiger partial charge is 0.0352 e. The average molecular weight is 289 g/mol. The lowest BCUT2D eigenvalue weighted by atomic mass is 9.53. The molecule has 4 fully saturated rings. The van der Waals surface area contributed by atoms with Crippen LogP contribution in [-0.2, 0) is 0 Å². The van der Waals surface area contributed by atoms with E-state index in [1.54, 1.807) is 70.6 Å². The number of hydrogen-bond donors (Lipinski definition) is 0. The van der Waals surface area contributed by atoms with Crippen LogP contribution in [0.1, 0.15) is 90.4 Å². The second kappa shape index (κ2) is 6.25. The van der Waals surface area contributed by atoms with Crippen molar-refractivity contribution in [2.24, 2.45) is 41.4 Å². The Balaban J connectivity index is 1.45. The number of rotatable bonds is 3. The Hall–Kier alpha value is 0. The van der Waals surface area contributed by atoms with Crippen LogP contribution in [0.15, 0.2) is 0 Å². The molecule has 7 atom stereocenters. The van der Waals surface area contributed by atoms with E-state index in [1.165, 1.54) is 12.8 Å². The molecule has 0 saturated heterocycles. The van der Waals surface area contributed by atoms with Gasteiger partial charge in [0.2, 0.25) is 0 Å². The van der Waals surface area contributed by atoms with Crippen LogP contribution in [0.4, 0.5) is 0 Å². The first kappa shape index (κ1) is 14.6. The second-order valence-electron chi connectivity index (χ2n) is 9.00. The number of hydrogen-bond acceptors (Lipinski definition) is 0. The average Bonchev–Trinajstić information content (AvgIpc) is 2.96. The van der Waals surface area contributed by atoms with Crippen molar-refractivity contribution in [1.29, 1.82) is 0 Å². The molecular weight excluding hydrogens is 252 g/mol. The molecule has 0 bridgehead atoms. The highest BCUT2D eigenvalue weighted by Crippen LogP contribution is 2.59. The highest BCUT2D eigenvalue weighted by Gasteiger charge is 2.50. The molecule has 120 valence electrons. The Labute approximate surface area is 132 Å². The van der Waals surface area contributed by atoms with Gasteiger partial charge < -0.3 is 0 Å². The summed E-state index contributed by atoms with van der Waals surface area (Å²) in [6.45, 7) is 2.37.